The lowest BCUT2D eigenvalue weighted by Gasteiger charge is -2.29. The lowest BCUT2D eigenvalue weighted by Crippen LogP contribution is -2.39. The Morgan fingerprint density at radius 1 is 0.587 bits per heavy atom. The molecule has 0 aliphatic heterocycles. The maximum Gasteiger partial charge on any atom is 0.250 e. The fraction of sp³-hybridized carbons (Fsp3) is 0.333. The summed E-state index contributed by atoms with van der Waals surface area (Å²) in [4.78, 5) is 3.49. The summed E-state index contributed by atoms with van der Waals surface area (Å²) >= 11 is 0. The number of hydrogen-bond donors (Lipinski definition) is 0. The van der Waals surface area contributed by atoms with Crippen molar-refractivity contribution in [3.8, 4) is 11.5 Å². The summed E-state index contributed by atoms with van der Waals surface area (Å²) < 4.78 is 56.5. The van der Waals surface area contributed by atoms with E-state index in [0.717, 1.165) is 72.0 Å². The van der Waals surface area contributed by atoms with Crippen LogP contribution in [0.2, 0.25) is 36.3 Å². The molecule has 0 spiro atoms. The van der Waals surface area contributed by atoms with Gasteiger partial charge >= 0.3 is 0 Å². The van der Waals surface area contributed by atoms with Gasteiger partial charge in [0.25, 0.3) is 0 Å². The topological polar surface area (TPSA) is 75.7 Å². The number of hydrogen-bond acceptors (Lipinski definition) is 5. The second kappa shape index (κ2) is 17.3. The first-order valence-electron chi connectivity index (χ1n) is 16.1. The molecule has 0 saturated heterocycles. The van der Waals surface area contributed by atoms with Crippen molar-refractivity contribution in [2.24, 2.45) is 0 Å². The van der Waals surface area contributed by atoms with E-state index in [1.54, 1.807) is 0 Å². The van der Waals surface area contributed by atoms with Gasteiger partial charge in [0.1, 0.15) is 27.4 Å². The summed E-state index contributed by atoms with van der Waals surface area (Å²) in [5.41, 5.74) is 0. The van der Waals surface area contributed by atoms with E-state index in [-0.39, 0.29) is 10.9 Å². The number of halogens is 1. The first kappa shape index (κ1) is 37.6. The van der Waals surface area contributed by atoms with Crippen molar-refractivity contribution in [2.45, 2.75) is 97.4 Å². The van der Waals surface area contributed by atoms with Gasteiger partial charge in [-0.15, -0.1) is 0 Å². The predicted molar refractivity (Wildman–Crippen MR) is 192 cm³/mol. The van der Waals surface area contributed by atoms with Gasteiger partial charge in [0.15, 0.2) is 14.7 Å². The average molecular weight is 699 g/mol. The van der Waals surface area contributed by atoms with E-state index in [1.807, 2.05) is 0 Å². The largest absolute Gasteiger partial charge is 0.744 e. The molecular weight excluding hydrogens is 652 g/mol. The van der Waals surface area contributed by atoms with Gasteiger partial charge in [-0.3, -0.25) is 0 Å². The maximum atomic E-state index is 12.2. The molecule has 0 unspecified atom stereocenters. The lowest BCUT2D eigenvalue weighted by atomic mass is 10.3. The molecule has 248 valence electrons. The Morgan fingerprint density at radius 3 is 1.35 bits per heavy atom. The van der Waals surface area contributed by atoms with Crippen LogP contribution in [0.25, 0.3) is 0 Å². The fourth-order valence-electron chi connectivity index (χ4n) is 5.33. The molecule has 0 aliphatic carbocycles. The van der Waals surface area contributed by atoms with Gasteiger partial charge in [0.05, 0.1) is 15.8 Å². The maximum absolute atomic E-state index is 12.2. The standard InChI is InChI=1S/C30H43O2SSi2.C6H5FO3S/c1-7-34(8-2,9-3)31-26-18-16-22-29(24-26)33(28-20-14-13-15-21-28)30-23-17-19-27(25-30)32-35(10-4,11-5)12-6;7-5-1-3-6(4-2-5)11(8,9)10/h13-25H,7-12H2,1-6H3;1-4H,(H,8,9,10)/q+1;/p-1. The molecule has 0 atom stereocenters. The molecule has 46 heavy (non-hydrogen) atoms. The van der Waals surface area contributed by atoms with Crippen molar-refractivity contribution in [2.75, 3.05) is 0 Å². The highest BCUT2D eigenvalue weighted by molar-refractivity contribution is 7.97. The van der Waals surface area contributed by atoms with Crippen LogP contribution in [0.1, 0.15) is 41.5 Å². The summed E-state index contributed by atoms with van der Waals surface area (Å²) in [5, 5.41) is 0. The first-order valence-corrected chi connectivity index (χ1v) is 23.8. The van der Waals surface area contributed by atoms with Crippen molar-refractivity contribution >= 4 is 37.6 Å². The Kier molecular flexibility index (Phi) is 14.1. The third-order valence-corrected chi connectivity index (χ3v) is 20.8. The van der Waals surface area contributed by atoms with E-state index >= 15 is 0 Å². The Hall–Kier alpha value is -2.90. The summed E-state index contributed by atoms with van der Waals surface area (Å²) in [6, 6.07) is 39.1. The van der Waals surface area contributed by atoms with E-state index in [9.17, 15) is 17.4 Å². The zero-order valence-electron chi connectivity index (χ0n) is 27.8. The van der Waals surface area contributed by atoms with E-state index in [4.69, 9.17) is 8.85 Å². The van der Waals surface area contributed by atoms with Crippen LogP contribution >= 0.6 is 0 Å². The van der Waals surface area contributed by atoms with E-state index in [0.29, 0.717) is 0 Å². The van der Waals surface area contributed by atoms with Gasteiger partial charge in [-0.1, -0.05) is 71.9 Å². The molecule has 0 heterocycles. The normalized spacial score (nSPS) is 11.9. The second-order valence-electron chi connectivity index (χ2n) is 11.2. The van der Waals surface area contributed by atoms with E-state index < -0.39 is 37.5 Å². The Bertz CT molecular complexity index is 1530. The van der Waals surface area contributed by atoms with Gasteiger partial charge in [-0.2, -0.15) is 0 Å². The van der Waals surface area contributed by atoms with Crippen LogP contribution in [-0.2, 0) is 21.0 Å². The summed E-state index contributed by atoms with van der Waals surface area (Å²) in [7, 11) is -8.14. The minimum absolute atomic E-state index is 0.233. The average Bonchev–Trinajstić information content (AvgIpc) is 3.07. The zero-order valence-corrected chi connectivity index (χ0v) is 31.4. The smallest absolute Gasteiger partial charge is 0.250 e. The molecule has 0 N–H and O–H groups in total. The van der Waals surface area contributed by atoms with Crippen LogP contribution < -0.4 is 8.85 Å². The molecule has 4 aromatic rings. The third kappa shape index (κ3) is 10.1. The molecule has 4 rings (SSSR count). The second-order valence-corrected chi connectivity index (χ2v) is 24.0. The molecule has 0 fully saturated rings. The predicted octanol–water partition coefficient (Wildman–Crippen LogP) is 10.3. The Labute approximate surface area is 280 Å². The Morgan fingerprint density at radius 2 is 0.978 bits per heavy atom. The molecule has 0 amide bonds. The highest BCUT2D eigenvalue weighted by Gasteiger charge is 2.34. The van der Waals surface area contributed by atoms with Crippen molar-refractivity contribution in [3.05, 3.63) is 109 Å². The molecule has 0 aliphatic rings. The summed E-state index contributed by atoms with van der Waals surface area (Å²) in [6.45, 7) is 13.7. The van der Waals surface area contributed by atoms with Gasteiger partial charge in [0.2, 0.25) is 16.6 Å². The van der Waals surface area contributed by atoms with Crippen LogP contribution in [-0.4, -0.2) is 29.6 Å². The van der Waals surface area contributed by atoms with Crippen LogP contribution in [0.3, 0.4) is 0 Å². The van der Waals surface area contributed by atoms with Crippen molar-refractivity contribution in [3.63, 3.8) is 0 Å². The van der Waals surface area contributed by atoms with Gasteiger partial charge in [-0.25, -0.2) is 12.8 Å². The van der Waals surface area contributed by atoms with Crippen molar-refractivity contribution in [1.82, 2.24) is 0 Å². The van der Waals surface area contributed by atoms with E-state index in [2.05, 4.69) is 120 Å². The quantitative estimate of drug-likeness (QED) is 0.0744. The highest BCUT2D eigenvalue weighted by Crippen LogP contribution is 2.36. The molecule has 0 saturated carbocycles. The zero-order chi connectivity index (χ0) is 33.8. The van der Waals surface area contributed by atoms with Gasteiger partial charge in [0, 0.05) is 12.1 Å². The molecule has 4 aromatic carbocycles. The molecule has 0 bridgehead atoms. The molecule has 10 heteroatoms. The first-order chi connectivity index (χ1) is 22.0. The molecule has 5 nitrogen and oxygen atoms in total. The molecule has 0 radical (unpaired) electrons. The van der Waals surface area contributed by atoms with Crippen molar-refractivity contribution < 1.29 is 26.2 Å². The van der Waals surface area contributed by atoms with Crippen LogP contribution in [0.15, 0.2) is 123 Å². The highest BCUT2D eigenvalue weighted by atomic mass is 32.2. The number of benzene rings is 4. The van der Waals surface area contributed by atoms with E-state index in [1.165, 1.54) is 14.7 Å². The van der Waals surface area contributed by atoms with Crippen LogP contribution in [0.4, 0.5) is 4.39 Å². The van der Waals surface area contributed by atoms with Crippen molar-refractivity contribution in [1.29, 1.82) is 0 Å². The summed E-state index contributed by atoms with van der Waals surface area (Å²) in [6.07, 6.45) is 0. The summed E-state index contributed by atoms with van der Waals surface area (Å²) in [5.74, 6) is 1.47. The fourth-order valence-corrected chi connectivity index (χ4v) is 13.1. The molecule has 0 aromatic heterocycles. The van der Waals surface area contributed by atoms with Gasteiger partial charge in [-0.05, 0) is 96.9 Å². The Balaban J connectivity index is 0.000000441. The monoisotopic (exact) mass is 698 g/mol. The van der Waals surface area contributed by atoms with Gasteiger partial charge < -0.3 is 13.4 Å². The lowest BCUT2D eigenvalue weighted by molar-refractivity contribution is 0.463. The molecular formula is C36H47FO5S2Si2. The SMILES string of the molecule is CC[Si](CC)(CC)Oc1cccc([S+](c2ccccc2)c2cccc(O[Si](CC)(CC)CC)c2)c1.O=S(=O)([O-])c1ccc(F)cc1. The minimum Gasteiger partial charge on any atom is -0.744 e. The van der Waals surface area contributed by atoms with Crippen LogP contribution in [0, 0.1) is 5.82 Å². The van der Waals surface area contributed by atoms with Crippen LogP contribution in [0.5, 0.6) is 11.5 Å². The minimum atomic E-state index is -4.44. The number of rotatable bonds is 14. The third-order valence-electron chi connectivity index (χ3n) is 8.70.